The van der Waals surface area contributed by atoms with Crippen LogP contribution in [0.4, 0.5) is 0 Å². The first-order chi connectivity index (χ1) is 7.91. The van der Waals surface area contributed by atoms with E-state index in [1.807, 2.05) is 46.8 Å². The number of unbranched alkanes of at least 4 members (excludes halogenated alkanes) is 2. The molecule has 0 aliphatic rings. The Balaban J connectivity index is 4.26. The van der Waals surface area contributed by atoms with Crippen LogP contribution in [0, 0.1) is 0 Å². The molecule has 0 unspecified atom stereocenters. The Bertz CT molecular complexity index is 250. The number of rotatable bonds is 8. The lowest BCUT2D eigenvalue weighted by atomic mass is 10.2. The Kier molecular flexibility index (Phi) is 7.98. The van der Waals surface area contributed by atoms with Gasteiger partial charge in [-0.2, -0.15) is 0 Å². The molecule has 0 saturated carbocycles. The molecule has 0 aromatic heterocycles. The largest absolute Gasteiger partial charge is 0.463 e. The molecule has 0 aliphatic carbocycles. The number of allylic oxidation sites excluding steroid dienone is 3. The van der Waals surface area contributed by atoms with Crippen molar-refractivity contribution in [3.05, 3.63) is 24.0 Å². The summed E-state index contributed by atoms with van der Waals surface area (Å²) < 4.78 is 11.5. The standard InChI is InChI=1S/C15H28O2/c1-7-9-10-11-12-14(8-2)17-15(5,6)16-13(3)4/h8,11-13H,7,9-10H2,1-6H3/b12-11-,14-8+. The molecule has 0 bridgehead atoms. The van der Waals surface area contributed by atoms with E-state index < -0.39 is 5.79 Å². The summed E-state index contributed by atoms with van der Waals surface area (Å²) in [5.41, 5.74) is 0. The van der Waals surface area contributed by atoms with Gasteiger partial charge in [0.25, 0.3) is 0 Å². The van der Waals surface area contributed by atoms with Crippen LogP contribution in [0.2, 0.25) is 0 Å². The van der Waals surface area contributed by atoms with Crippen molar-refractivity contribution >= 4 is 0 Å². The molecule has 0 heterocycles. The summed E-state index contributed by atoms with van der Waals surface area (Å²) in [6, 6.07) is 0. The van der Waals surface area contributed by atoms with Crippen LogP contribution in [0.15, 0.2) is 24.0 Å². The second-order valence-electron chi connectivity index (χ2n) is 4.90. The van der Waals surface area contributed by atoms with Gasteiger partial charge in [0.1, 0.15) is 5.76 Å². The van der Waals surface area contributed by atoms with Crippen molar-refractivity contribution < 1.29 is 9.47 Å². The van der Waals surface area contributed by atoms with E-state index in [1.54, 1.807) is 0 Å². The minimum Gasteiger partial charge on any atom is -0.463 e. The van der Waals surface area contributed by atoms with Crippen molar-refractivity contribution in [1.29, 1.82) is 0 Å². The summed E-state index contributed by atoms with van der Waals surface area (Å²) >= 11 is 0. The minimum absolute atomic E-state index is 0.159. The Hall–Kier alpha value is -0.760. The molecular weight excluding hydrogens is 212 g/mol. The Labute approximate surface area is 107 Å². The van der Waals surface area contributed by atoms with E-state index in [0.29, 0.717) is 0 Å². The molecule has 0 spiro atoms. The van der Waals surface area contributed by atoms with Crippen molar-refractivity contribution in [2.24, 2.45) is 0 Å². The van der Waals surface area contributed by atoms with Crippen molar-refractivity contribution in [2.45, 2.75) is 72.7 Å². The summed E-state index contributed by atoms with van der Waals surface area (Å²) in [5.74, 6) is 0.289. The van der Waals surface area contributed by atoms with E-state index in [9.17, 15) is 0 Å². The third-order valence-corrected chi connectivity index (χ3v) is 2.17. The van der Waals surface area contributed by atoms with Gasteiger partial charge in [0.2, 0.25) is 5.79 Å². The first kappa shape index (κ1) is 16.2. The van der Waals surface area contributed by atoms with Gasteiger partial charge in [-0.05, 0) is 39.3 Å². The molecule has 0 rings (SSSR count). The van der Waals surface area contributed by atoms with Gasteiger partial charge in [0, 0.05) is 13.8 Å². The maximum Gasteiger partial charge on any atom is 0.205 e. The zero-order valence-electron chi connectivity index (χ0n) is 12.2. The van der Waals surface area contributed by atoms with Crippen LogP contribution in [0.1, 0.15) is 60.8 Å². The number of hydrogen-bond donors (Lipinski definition) is 0. The van der Waals surface area contributed by atoms with E-state index >= 15 is 0 Å². The zero-order chi connectivity index (χ0) is 13.3. The van der Waals surface area contributed by atoms with Crippen LogP contribution in [0.5, 0.6) is 0 Å². The normalized spacial score (nSPS) is 13.7. The van der Waals surface area contributed by atoms with Crippen molar-refractivity contribution in [3.8, 4) is 0 Å². The summed E-state index contributed by atoms with van der Waals surface area (Å²) in [5, 5.41) is 0. The van der Waals surface area contributed by atoms with Gasteiger partial charge in [0.05, 0.1) is 6.10 Å². The van der Waals surface area contributed by atoms with Crippen molar-refractivity contribution in [3.63, 3.8) is 0 Å². The molecular formula is C15H28O2. The average Bonchev–Trinajstić information content (AvgIpc) is 2.20. The SMILES string of the molecule is C/C=C(\C=C/CCCC)OC(C)(C)OC(C)C. The van der Waals surface area contributed by atoms with Gasteiger partial charge in [0.15, 0.2) is 0 Å². The summed E-state index contributed by atoms with van der Waals surface area (Å²) in [6.45, 7) is 12.1. The average molecular weight is 240 g/mol. The van der Waals surface area contributed by atoms with Gasteiger partial charge >= 0.3 is 0 Å². The quantitative estimate of drug-likeness (QED) is 0.262. The molecule has 2 nitrogen and oxygen atoms in total. The molecule has 0 radical (unpaired) electrons. The Morgan fingerprint density at radius 1 is 1.29 bits per heavy atom. The topological polar surface area (TPSA) is 18.5 Å². The second-order valence-corrected chi connectivity index (χ2v) is 4.90. The third kappa shape index (κ3) is 8.99. The zero-order valence-corrected chi connectivity index (χ0v) is 12.2. The Morgan fingerprint density at radius 3 is 2.41 bits per heavy atom. The van der Waals surface area contributed by atoms with E-state index in [0.717, 1.165) is 12.2 Å². The summed E-state index contributed by atoms with van der Waals surface area (Å²) in [4.78, 5) is 0. The molecule has 2 heteroatoms. The molecule has 0 N–H and O–H groups in total. The lowest BCUT2D eigenvalue weighted by Crippen LogP contribution is -2.30. The smallest absolute Gasteiger partial charge is 0.205 e. The molecule has 0 aliphatic heterocycles. The number of ether oxygens (including phenoxy) is 2. The van der Waals surface area contributed by atoms with Gasteiger partial charge in [-0.25, -0.2) is 0 Å². The minimum atomic E-state index is -0.578. The van der Waals surface area contributed by atoms with E-state index in [4.69, 9.17) is 9.47 Å². The highest BCUT2D eigenvalue weighted by Gasteiger charge is 2.21. The fraction of sp³-hybridized carbons (Fsp3) is 0.733. The van der Waals surface area contributed by atoms with Gasteiger partial charge in [-0.15, -0.1) is 0 Å². The van der Waals surface area contributed by atoms with Crippen molar-refractivity contribution in [1.82, 2.24) is 0 Å². The van der Waals surface area contributed by atoms with Crippen LogP contribution in [0.25, 0.3) is 0 Å². The molecule has 0 fully saturated rings. The highest BCUT2D eigenvalue weighted by atomic mass is 16.7. The molecule has 17 heavy (non-hydrogen) atoms. The molecule has 0 aromatic rings. The van der Waals surface area contributed by atoms with E-state index in [1.165, 1.54) is 12.8 Å². The fourth-order valence-electron chi connectivity index (χ4n) is 1.59. The highest BCUT2D eigenvalue weighted by molar-refractivity contribution is 5.11. The van der Waals surface area contributed by atoms with Gasteiger partial charge < -0.3 is 9.47 Å². The molecule has 0 amide bonds. The van der Waals surface area contributed by atoms with Crippen LogP contribution in [-0.2, 0) is 9.47 Å². The van der Waals surface area contributed by atoms with Crippen LogP contribution >= 0.6 is 0 Å². The molecule has 0 saturated heterocycles. The summed E-state index contributed by atoms with van der Waals surface area (Å²) in [7, 11) is 0. The lowest BCUT2D eigenvalue weighted by molar-refractivity contribution is -0.207. The molecule has 0 aromatic carbocycles. The maximum absolute atomic E-state index is 5.83. The first-order valence-corrected chi connectivity index (χ1v) is 6.61. The maximum atomic E-state index is 5.83. The van der Waals surface area contributed by atoms with Crippen molar-refractivity contribution in [2.75, 3.05) is 0 Å². The monoisotopic (exact) mass is 240 g/mol. The second kappa shape index (κ2) is 8.35. The molecule has 0 atom stereocenters. The molecule has 100 valence electrons. The summed E-state index contributed by atoms with van der Waals surface area (Å²) in [6.07, 6.45) is 9.85. The predicted octanol–water partition coefficient (Wildman–Crippen LogP) is 4.81. The van der Waals surface area contributed by atoms with Gasteiger partial charge in [-0.3, -0.25) is 0 Å². The number of hydrogen-bond acceptors (Lipinski definition) is 2. The van der Waals surface area contributed by atoms with E-state index in [-0.39, 0.29) is 6.10 Å². The first-order valence-electron chi connectivity index (χ1n) is 6.61. The predicted molar refractivity (Wildman–Crippen MR) is 73.8 cm³/mol. The third-order valence-electron chi connectivity index (χ3n) is 2.17. The lowest BCUT2D eigenvalue weighted by Gasteiger charge is -2.29. The van der Waals surface area contributed by atoms with Gasteiger partial charge in [-0.1, -0.05) is 25.8 Å². The van der Waals surface area contributed by atoms with Crippen LogP contribution < -0.4 is 0 Å². The fourth-order valence-corrected chi connectivity index (χ4v) is 1.59. The van der Waals surface area contributed by atoms with Crippen LogP contribution in [0.3, 0.4) is 0 Å². The van der Waals surface area contributed by atoms with Crippen LogP contribution in [-0.4, -0.2) is 11.9 Å². The highest BCUT2D eigenvalue weighted by Crippen LogP contribution is 2.19. The Morgan fingerprint density at radius 2 is 1.94 bits per heavy atom. The van der Waals surface area contributed by atoms with E-state index in [2.05, 4.69) is 13.0 Å².